The number of hydrogen-bond donors (Lipinski definition) is 1. The van der Waals surface area contributed by atoms with Gasteiger partial charge in [0.15, 0.2) is 0 Å². The fourth-order valence-corrected chi connectivity index (χ4v) is 4.05. The first-order chi connectivity index (χ1) is 14.1. The fraction of sp³-hybridized carbons (Fsp3) is 0.286. The monoisotopic (exact) mass is 398 g/mol. The number of benzene rings is 3. The summed E-state index contributed by atoms with van der Waals surface area (Å²) in [6, 6.07) is 22.7. The van der Waals surface area contributed by atoms with Crippen LogP contribution in [0.2, 0.25) is 0 Å². The standard InChI is InChI=1S/C28H30O2/c1-27(2,3)21-16-19(17-22(25(21)29)28(4,5)6)24-20-14-10-11-15-23(20)30-26(24)18-12-8-7-9-13-18/h7-17,29H,1-6H3. The first kappa shape index (κ1) is 20.3. The maximum atomic E-state index is 11.2. The maximum absolute atomic E-state index is 11.2. The highest BCUT2D eigenvalue weighted by molar-refractivity contribution is 6.02. The Balaban J connectivity index is 2.11. The van der Waals surface area contributed by atoms with Crippen LogP contribution in [-0.4, -0.2) is 5.11 Å². The molecule has 0 radical (unpaired) electrons. The molecule has 0 aliphatic rings. The minimum absolute atomic E-state index is 0.188. The van der Waals surface area contributed by atoms with E-state index in [1.807, 2.05) is 36.4 Å². The van der Waals surface area contributed by atoms with Gasteiger partial charge in [-0.1, -0.05) is 90.1 Å². The zero-order chi connectivity index (χ0) is 21.7. The molecule has 0 aliphatic heterocycles. The summed E-state index contributed by atoms with van der Waals surface area (Å²) in [6.07, 6.45) is 0. The molecule has 0 unspecified atom stereocenters. The Kier molecular flexibility index (Phi) is 4.77. The van der Waals surface area contributed by atoms with Gasteiger partial charge >= 0.3 is 0 Å². The van der Waals surface area contributed by atoms with Crippen LogP contribution in [-0.2, 0) is 10.8 Å². The highest BCUT2D eigenvalue weighted by Crippen LogP contribution is 2.46. The lowest BCUT2D eigenvalue weighted by Gasteiger charge is -2.28. The van der Waals surface area contributed by atoms with Crippen molar-refractivity contribution in [3.8, 4) is 28.2 Å². The highest BCUT2D eigenvalue weighted by Gasteiger charge is 2.28. The lowest BCUT2D eigenvalue weighted by molar-refractivity contribution is 0.423. The van der Waals surface area contributed by atoms with Crippen LogP contribution < -0.4 is 0 Å². The van der Waals surface area contributed by atoms with Gasteiger partial charge < -0.3 is 9.52 Å². The summed E-state index contributed by atoms with van der Waals surface area (Å²) in [6.45, 7) is 12.9. The lowest BCUT2D eigenvalue weighted by atomic mass is 9.77. The number of phenolic OH excluding ortho intramolecular Hbond substituents is 1. The fourth-order valence-electron chi connectivity index (χ4n) is 4.05. The van der Waals surface area contributed by atoms with Gasteiger partial charge in [-0.2, -0.15) is 0 Å². The molecule has 0 aliphatic carbocycles. The van der Waals surface area contributed by atoms with E-state index in [9.17, 15) is 5.11 Å². The number of para-hydroxylation sites is 1. The second-order valence-electron chi connectivity index (χ2n) is 10.1. The molecule has 154 valence electrons. The Labute approximate surface area is 179 Å². The third kappa shape index (κ3) is 3.52. The molecular formula is C28H30O2. The molecule has 0 saturated heterocycles. The van der Waals surface area contributed by atoms with E-state index in [0.717, 1.165) is 44.5 Å². The summed E-state index contributed by atoms with van der Waals surface area (Å²) in [4.78, 5) is 0. The van der Waals surface area contributed by atoms with Gasteiger partial charge in [-0.3, -0.25) is 0 Å². The number of aromatic hydroxyl groups is 1. The molecule has 0 amide bonds. The molecule has 1 N–H and O–H groups in total. The lowest BCUT2D eigenvalue weighted by Crippen LogP contribution is -2.17. The van der Waals surface area contributed by atoms with Crippen molar-refractivity contribution in [1.82, 2.24) is 0 Å². The second-order valence-corrected chi connectivity index (χ2v) is 10.1. The Morgan fingerprint density at radius 2 is 1.20 bits per heavy atom. The average Bonchev–Trinajstić information content (AvgIpc) is 3.07. The normalized spacial score (nSPS) is 12.5. The first-order valence-corrected chi connectivity index (χ1v) is 10.5. The maximum Gasteiger partial charge on any atom is 0.143 e. The van der Waals surface area contributed by atoms with Crippen LogP contribution in [0.4, 0.5) is 0 Å². The van der Waals surface area contributed by atoms with Crippen LogP contribution in [0.5, 0.6) is 5.75 Å². The summed E-state index contributed by atoms with van der Waals surface area (Å²) in [5.41, 5.74) is 5.60. The molecule has 1 heterocycles. The highest BCUT2D eigenvalue weighted by atomic mass is 16.3. The topological polar surface area (TPSA) is 33.4 Å². The van der Waals surface area contributed by atoms with Crippen LogP contribution in [0, 0.1) is 0 Å². The van der Waals surface area contributed by atoms with Crippen LogP contribution in [0.25, 0.3) is 33.4 Å². The van der Waals surface area contributed by atoms with Crippen molar-refractivity contribution in [1.29, 1.82) is 0 Å². The molecule has 2 nitrogen and oxygen atoms in total. The van der Waals surface area contributed by atoms with E-state index < -0.39 is 0 Å². The third-order valence-corrected chi connectivity index (χ3v) is 5.65. The van der Waals surface area contributed by atoms with Crippen LogP contribution in [0.1, 0.15) is 52.7 Å². The summed E-state index contributed by atoms with van der Waals surface area (Å²) in [7, 11) is 0. The second kappa shape index (κ2) is 7.05. The Morgan fingerprint density at radius 1 is 0.667 bits per heavy atom. The molecule has 4 aromatic rings. The van der Waals surface area contributed by atoms with Gasteiger partial charge in [0.05, 0.1) is 0 Å². The summed E-state index contributed by atoms with van der Waals surface area (Å²) in [5, 5.41) is 12.2. The minimum Gasteiger partial charge on any atom is -0.507 e. The van der Waals surface area contributed by atoms with Gasteiger partial charge in [-0.25, -0.2) is 0 Å². The number of rotatable bonds is 2. The molecule has 0 saturated carbocycles. The number of hydrogen-bond acceptors (Lipinski definition) is 2. The molecule has 30 heavy (non-hydrogen) atoms. The van der Waals surface area contributed by atoms with E-state index in [0.29, 0.717) is 5.75 Å². The van der Waals surface area contributed by atoms with E-state index >= 15 is 0 Å². The zero-order valence-corrected chi connectivity index (χ0v) is 18.7. The third-order valence-electron chi connectivity index (χ3n) is 5.65. The Morgan fingerprint density at radius 3 is 1.77 bits per heavy atom. The van der Waals surface area contributed by atoms with Crippen LogP contribution in [0.3, 0.4) is 0 Å². The molecule has 1 aromatic heterocycles. The molecule has 4 rings (SSSR count). The number of phenols is 1. The van der Waals surface area contributed by atoms with Gasteiger partial charge in [0, 0.05) is 27.6 Å². The number of fused-ring (bicyclic) bond motifs is 1. The van der Waals surface area contributed by atoms with Crippen molar-refractivity contribution in [2.24, 2.45) is 0 Å². The Bertz CT molecular complexity index is 1160. The van der Waals surface area contributed by atoms with Gasteiger partial charge in [-0.05, 0) is 34.6 Å². The SMILES string of the molecule is CC(C)(C)c1cc(-c2c(-c3ccccc3)oc3ccccc23)cc(C(C)(C)C)c1O. The minimum atomic E-state index is -0.188. The quantitative estimate of drug-likeness (QED) is 0.370. The van der Waals surface area contributed by atoms with Crippen LogP contribution >= 0.6 is 0 Å². The molecular weight excluding hydrogens is 368 g/mol. The Hall–Kier alpha value is -3.00. The van der Waals surface area contributed by atoms with Crippen molar-refractivity contribution < 1.29 is 9.52 Å². The molecule has 0 atom stereocenters. The predicted octanol–water partition coefficient (Wildman–Crippen LogP) is 8.07. The molecule has 2 heteroatoms. The summed E-state index contributed by atoms with van der Waals surface area (Å²) >= 11 is 0. The summed E-state index contributed by atoms with van der Waals surface area (Å²) < 4.78 is 6.36. The van der Waals surface area contributed by atoms with E-state index in [2.05, 4.69) is 71.9 Å². The predicted molar refractivity (Wildman–Crippen MR) is 126 cm³/mol. The van der Waals surface area contributed by atoms with Gasteiger partial charge in [0.2, 0.25) is 0 Å². The number of furan rings is 1. The zero-order valence-electron chi connectivity index (χ0n) is 18.7. The van der Waals surface area contributed by atoms with Gasteiger partial charge in [0.25, 0.3) is 0 Å². The van der Waals surface area contributed by atoms with E-state index in [4.69, 9.17) is 4.42 Å². The molecule has 3 aromatic carbocycles. The van der Waals surface area contributed by atoms with Crippen molar-refractivity contribution in [2.75, 3.05) is 0 Å². The van der Waals surface area contributed by atoms with E-state index in [1.54, 1.807) is 0 Å². The largest absolute Gasteiger partial charge is 0.507 e. The summed E-state index contributed by atoms with van der Waals surface area (Å²) in [5.74, 6) is 1.26. The molecule has 0 fully saturated rings. The average molecular weight is 399 g/mol. The van der Waals surface area contributed by atoms with Crippen molar-refractivity contribution in [3.63, 3.8) is 0 Å². The van der Waals surface area contributed by atoms with E-state index in [-0.39, 0.29) is 10.8 Å². The van der Waals surface area contributed by atoms with Gasteiger partial charge in [-0.15, -0.1) is 0 Å². The molecule has 0 bridgehead atoms. The molecule has 0 spiro atoms. The van der Waals surface area contributed by atoms with Crippen molar-refractivity contribution in [2.45, 2.75) is 52.4 Å². The van der Waals surface area contributed by atoms with Crippen LogP contribution in [0.15, 0.2) is 71.1 Å². The first-order valence-electron chi connectivity index (χ1n) is 10.5. The van der Waals surface area contributed by atoms with Crippen molar-refractivity contribution in [3.05, 3.63) is 77.9 Å². The van der Waals surface area contributed by atoms with Gasteiger partial charge in [0.1, 0.15) is 17.1 Å². The van der Waals surface area contributed by atoms with E-state index in [1.165, 1.54) is 0 Å². The van der Waals surface area contributed by atoms with Crippen molar-refractivity contribution >= 4 is 11.0 Å². The smallest absolute Gasteiger partial charge is 0.143 e.